The highest BCUT2D eigenvalue weighted by Crippen LogP contribution is 2.45. The number of aromatic hydroxyl groups is 1. The molecular weight excluding hydrogens is 1410 g/mol. The number of phenols is 1. The molecule has 23 nitrogen and oxygen atoms in total. The second kappa shape index (κ2) is 39.6. The Morgan fingerprint density at radius 2 is 0.838 bits per heavy atom. The molecule has 0 bridgehead atoms. The van der Waals surface area contributed by atoms with Crippen molar-refractivity contribution in [1.82, 2.24) is 10.6 Å². The van der Waals surface area contributed by atoms with Gasteiger partial charge in [-0.3, -0.25) is 19.2 Å². The summed E-state index contributed by atoms with van der Waals surface area (Å²) in [6.45, 7) is 19.7. The Bertz CT molecular complexity index is 3860. The summed E-state index contributed by atoms with van der Waals surface area (Å²) in [5.74, 6) is -1.61. The van der Waals surface area contributed by atoms with Crippen molar-refractivity contribution < 1.29 is 96.9 Å². The van der Waals surface area contributed by atoms with Crippen molar-refractivity contribution in [3.8, 4) is 17.2 Å². The van der Waals surface area contributed by atoms with Gasteiger partial charge in [-0.05, 0) is 176 Å². The molecule has 3 heterocycles. The molecule has 0 spiro atoms. The topological polar surface area (TPSA) is 337 Å². The number of carboxylic acid groups (broad SMARTS) is 1. The van der Waals surface area contributed by atoms with Gasteiger partial charge in [0.1, 0.15) is 88.9 Å². The highest BCUT2D eigenvalue weighted by atomic mass is 32.2. The van der Waals surface area contributed by atoms with Gasteiger partial charge in [0, 0.05) is 46.1 Å². The number of aryl methyl sites for hydroxylation is 3. The Morgan fingerprint density at radius 3 is 1.20 bits per heavy atom. The van der Waals surface area contributed by atoms with Gasteiger partial charge in [-0.15, -0.1) is 35.3 Å². The average molecular weight is 1510 g/mol. The van der Waals surface area contributed by atoms with Crippen molar-refractivity contribution in [2.75, 3.05) is 45.1 Å². The van der Waals surface area contributed by atoms with E-state index in [9.17, 15) is 49.2 Å². The minimum absolute atomic E-state index is 0.202. The van der Waals surface area contributed by atoms with Crippen LogP contribution >= 0.6 is 35.3 Å². The number of hydrogen-bond acceptors (Lipinski definition) is 23. The quantitative estimate of drug-likeness (QED) is 0.0150. The smallest absolute Gasteiger partial charge is 0.328 e. The molecule has 15 atom stereocenters. The van der Waals surface area contributed by atoms with Crippen LogP contribution in [0.25, 0.3) is 0 Å². The lowest BCUT2D eigenvalue weighted by molar-refractivity contribution is -0.208. The summed E-state index contributed by atoms with van der Waals surface area (Å²) in [7, 11) is 0. The number of phenolic OH excluding ortho intramolecular Hbond substituents is 1. The molecule has 105 heavy (non-hydrogen) atoms. The molecule has 26 heteroatoms. The van der Waals surface area contributed by atoms with E-state index in [4.69, 9.17) is 53.5 Å². The molecule has 9 rings (SSSR count). The Hall–Kier alpha value is -7.89. The first kappa shape index (κ1) is 84.4. The number of ether oxygens (including phenoxy) is 9. The Balaban J connectivity index is 0.000000221. The molecule has 0 unspecified atom stereocenters. The van der Waals surface area contributed by atoms with Crippen molar-refractivity contribution in [1.29, 1.82) is 0 Å². The van der Waals surface area contributed by atoms with Crippen LogP contribution in [0.15, 0.2) is 127 Å². The summed E-state index contributed by atoms with van der Waals surface area (Å²) in [5, 5.41) is 54.5. The molecule has 0 saturated carbocycles. The van der Waals surface area contributed by atoms with Crippen molar-refractivity contribution >= 4 is 71.2 Å². The van der Waals surface area contributed by atoms with E-state index in [0.29, 0.717) is 25.3 Å². The van der Waals surface area contributed by atoms with Crippen LogP contribution in [0.5, 0.6) is 17.2 Å². The summed E-state index contributed by atoms with van der Waals surface area (Å²) in [4.78, 5) is 70.1. The van der Waals surface area contributed by atoms with Crippen molar-refractivity contribution in [3.63, 3.8) is 0 Å². The zero-order valence-corrected chi connectivity index (χ0v) is 64.3. The van der Waals surface area contributed by atoms with E-state index < -0.39 is 107 Å². The van der Waals surface area contributed by atoms with Gasteiger partial charge in [0.2, 0.25) is 0 Å². The van der Waals surface area contributed by atoms with Crippen LogP contribution in [-0.2, 0) is 76.4 Å². The molecule has 6 aromatic rings. The lowest BCUT2D eigenvalue weighted by Crippen LogP contribution is -2.53. The van der Waals surface area contributed by atoms with E-state index in [1.54, 1.807) is 18.4 Å². The van der Waals surface area contributed by atoms with Crippen LogP contribution in [0.3, 0.4) is 0 Å². The monoisotopic (exact) mass is 1510 g/mol. The lowest BCUT2D eigenvalue weighted by Gasteiger charge is -2.44. The first-order valence-corrected chi connectivity index (χ1v) is 38.5. The van der Waals surface area contributed by atoms with E-state index in [-0.39, 0.29) is 42.9 Å². The third-order valence-corrected chi connectivity index (χ3v) is 20.8. The summed E-state index contributed by atoms with van der Waals surface area (Å²) >= 11 is 4.14. The minimum Gasteiger partial charge on any atom is -0.508 e. The van der Waals surface area contributed by atoms with Gasteiger partial charge in [0.25, 0.3) is 0 Å². The average Bonchev–Trinajstić information content (AvgIpc) is 0.783. The minimum atomic E-state index is -1.37. The maximum atomic E-state index is 11.9. The fourth-order valence-electron chi connectivity index (χ4n) is 12.5. The van der Waals surface area contributed by atoms with Crippen LogP contribution < -0.4 is 25.8 Å². The Labute approximate surface area is 627 Å². The largest absolute Gasteiger partial charge is 0.508 e. The summed E-state index contributed by atoms with van der Waals surface area (Å²) in [6.07, 6.45) is -0.0667. The van der Waals surface area contributed by atoms with Gasteiger partial charge >= 0.3 is 35.9 Å². The predicted molar refractivity (Wildman–Crippen MR) is 403 cm³/mol. The second-order valence-electron chi connectivity index (χ2n) is 26.8. The first-order valence-electron chi connectivity index (χ1n) is 34.6. The van der Waals surface area contributed by atoms with Gasteiger partial charge < -0.3 is 84.5 Å². The fraction of sp³-hybridized carbons (Fsp3) is 0.468. The van der Waals surface area contributed by atoms with E-state index in [0.717, 1.165) is 74.2 Å². The van der Waals surface area contributed by atoms with Gasteiger partial charge in [0.05, 0.1) is 18.8 Å². The Kier molecular flexibility index (Phi) is 31.8. The molecule has 3 aliphatic heterocycles. The number of aliphatic hydroxyl groups excluding tert-OH is 3. The molecule has 3 fully saturated rings. The third kappa shape index (κ3) is 23.8. The van der Waals surface area contributed by atoms with Crippen LogP contribution in [0, 0.1) is 32.6 Å². The molecule has 0 aliphatic carbocycles. The maximum absolute atomic E-state index is 11.9. The fourth-order valence-corrected chi connectivity index (χ4v) is 14.6. The predicted octanol–water partition coefficient (Wildman–Crippen LogP) is 10.7. The van der Waals surface area contributed by atoms with E-state index in [1.807, 2.05) is 106 Å². The molecule has 9 N–H and O–H groups in total. The molecule has 6 aromatic carbocycles. The van der Waals surface area contributed by atoms with Gasteiger partial charge in [-0.25, -0.2) is 9.59 Å². The third-order valence-electron chi connectivity index (χ3n) is 18.3. The number of carbonyl (C=O) groups excluding carboxylic acids is 5. The molecule has 3 aliphatic rings. The molecular formula is C79H101N3O20S3. The molecule has 0 radical (unpaired) electrons. The van der Waals surface area contributed by atoms with Crippen LogP contribution in [0.2, 0.25) is 0 Å². The lowest BCUT2D eigenvalue weighted by atomic mass is 9.85. The summed E-state index contributed by atoms with van der Waals surface area (Å²) < 4.78 is 52.3. The number of urea groups is 1. The summed E-state index contributed by atoms with van der Waals surface area (Å²) in [6, 6.07) is 40.4. The highest BCUT2D eigenvalue weighted by molar-refractivity contribution is 7.99. The second-order valence-corrected chi connectivity index (χ2v) is 29.6. The standard InChI is InChI=1S/C27H36N2O8S.C27H35NO6S.C25H30O6S/c1-15-5-8-17(23-21(31)20(30)22(32)24(37-23)38-4)14-18(15)13-16-6-9-19(10-7-16)36-12-11-28-26(35)29-27(2,3)25(33)34;1-16-6-9-21(15-22(16)14-20-7-10-23(11-8-20)31-13-12-28)24-17(2)25(32-18(3)29)26(33-19(4)30)27(34-24)35-5;1-14-6-9-19(13-20(14)12-18-7-10-21(28)11-8-18)22-15(2)23(29-16(3)26)24(30-17(4)27)25(31-22)32-5/h5-10,14,20-24,30-32H,11-13H2,1-4H3,(H,33,34)(H2,28,29,35);6-11,15,17,24-27H,12-14,28H2,1-5H3;6-11,13,15,22-25,28H,12H2,1-5H3/t20-,21-,22+,23+,24-;17-,24+,25+,26-,27+;15-,22+,23+,24-,25+/m100/s1. The number of aliphatic carboxylic acids is 1. The number of nitrogens with one attached hydrogen (secondary N) is 2. The molecule has 2 amide bonds. The Morgan fingerprint density at radius 1 is 0.486 bits per heavy atom. The van der Waals surface area contributed by atoms with E-state index in [1.165, 1.54) is 88.0 Å². The number of carbonyl (C=O) groups is 6. The number of nitrogens with two attached hydrogens (primary N) is 1. The molecule has 570 valence electrons. The molecule has 0 aromatic heterocycles. The van der Waals surface area contributed by atoms with E-state index >= 15 is 0 Å². The van der Waals surface area contributed by atoms with Gasteiger partial charge in [-0.1, -0.05) is 105 Å². The zero-order chi connectivity index (χ0) is 77.0. The number of esters is 4. The van der Waals surface area contributed by atoms with Crippen molar-refractivity contribution in [2.24, 2.45) is 17.6 Å². The van der Waals surface area contributed by atoms with E-state index in [2.05, 4.69) is 66.9 Å². The van der Waals surface area contributed by atoms with Gasteiger partial charge in [-0.2, -0.15) is 0 Å². The number of thioether (sulfide) groups is 3. The van der Waals surface area contributed by atoms with Gasteiger partial charge in [0.15, 0.2) is 12.2 Å². The summed E-state index contributed by atoms with van der Waals surface area (Å²) in [5.41, 5.74) is 15.3. The first-order chi connectivity index (χ1) is 49.8. The van der Waals surface area contributed by atoms with Crippen LogP contribution in [0.1, 0.15) is 140 Å². The zero-order valence-electron chi connectivity index (χ0n) is 61.9. The molecule has 3 saturated heterocycles. The highest BCUT2D eigenvalue weighted by Gasteiger charge is 2.50. The number of hydrogen-bond donors (Lipinski definition) is 8. The number of rotatable bonds is 25. The number of aliphatic hydroxyl groups is 3. The van der Waals surface area contributed by atoms with Crippen LogP contribution in [0.4, 0.5) is 4.79 Å². The van der Waals surface area contributed by atoms with Crippen LogP contribution in [-0.4, -0.2) is 171 Å². The number of carboxylic acids is 1. The SMILES string of the molecule is CS[C@H]1O[C@@H](c2ccc(C)c(Cc3ccc(O)cc3)c2)[C@H](C)[C@@H](OC(C)=O)[C@@H]1OC(C)=O.CS[C@H]1O[C@@H](c2ccc(C)c(Cc3ccc(OCCN)cc3)c2)[C@H](C)[C@@H](OC(C)=O)[C@@H]1OC(C)=O.CS[C@H]1O[C@@H](c2ccc(C)c(Cc3ccc(OCCNC(=O)NC(C)(C)C(=O)O)cc3)c2)[C@H](O)[C@@H](O)[C@@H]1O. The number of benzene rings is 6. The van der Waals surface area contributed by atoms with Crippen molar-refractivity contribution in [2.45, 2.75) is 178 Å². The maximum Gasteiger partial charge on any atom is 0.328 e. The normalized spacial score (nSPS) is 24.2. The van der Waals surface area contributed by atoms with Crippen molar-refractivity contribution in [3.05, 3.63) is 194 Å². The number of amides is 2.